The van der Waals surface area contributed by atoms with Gasteiger partial charge < -0.3 is 10.4 Å². The minimum absolute atomic E-state index is 0.162. The van der Waals surface area contributed by atoms with Crippen molar-refractivity contribution in [2.75, 3.05) is 5.75 Å². The Morgan fingerprint density at radius 3 is 2.90 bits per heavy atom. The topological polar surface area (TPSA) is 73.1 Å². The summed E-state index contributed by atoms with van der Waals surface area (Å²) in [7, 11) is 0. The van der Waals surface area contributed by atoms with Gasteiger partial charge in [0.15, 0.2) is 0 Å². The van der Waals surface area contributed by atoms with Crippen molar-refractivity contribution < 1.29 is 9.90 Å². The van der Waals surface area contributed by atoms with E-state index in [0.29, 0.717) is 11.3 Å². The highest BCUT2D eigenvalue weighted by Crippen LogP contribution is 2.23. The summed E-state index contributed by atoms with van der Waals surface area (Å²) in [6.07, 6.45) is 3.16. The number of aliphatic hydroxyl groups excluding tert-OH is 1. The lowest BCUT2D eigenvalue weighted by Crippen LogP contribution is -2.45. The number of carbonyl (C=O) groups is 1. The molecule has 1 aromatic carbocycles. The summed E-state index contributed by atoms with van der Waals surface area (Å²) in [4.78, 5) is 13.1. The maximum atomic E-state index is 12.3. The highest BCUT2D eigenvalue weighted by Gasteiger charge is 2.25. The number of nitriles is 1. The third-order valence-electron chi connectivity index (χ3n) is 3.47. The van der Waals surface area contributed by atoms with Crippen LogP contribution in [0, 0.1) is 11.3 Å². The molecule has 0 unspecified atom stereocenters. The fraction of sp³-hybridized carbons (Fsp3) is 0.467. The van der Waals surface area contributed by atoms with Crippen molar-refractivity contribution >= 4 is 17.7 Å². The average molecular weight is 290 g/mol. The third kappa shape index (κ3) is 3.75. The van der Waals surface area contributed by atoms with Crippen LogP contribution in [0.4, 0.5) is 0 Å². The number of rotatable bonds is 4. The first-order chi connectivity index (χ1) is 9.72. The molecule has 2 rings (SSSR count). The number of benzene rings is 1. The van der Waals surface area contributed by atoms with Crippen LogP contribution in [0.1, 0.15) is 36.0 Å². The minimum atomic E-state index is -0.452. The molecule has 5 heteroatoms. The number of nitrogens with one attached hydrogen (secondary N) is 1. The van der Waals surface area contributed by atoms with Gasteiger partial charge >= 0.3 is 0 Å². The Balaban J connectivity index is 2.06. The van der Waals surface area contributed by atoms with E-state index < -0.39 is 6.10 Å². The molecule has 0 heterocycles. The molecule has 0 spiro atoms. The summed E-state index contributed by atoms with van der Waals surface area (Å²) in [6.45, 7) is 0. The molecule has 1 fully saturated rings. The fourth-order valence-corrected chi connectivity index (χ4v) is 3.13. The van der Waals surface area contributed by atoms with Crippen molar-refractivity contribution in [3.8, 4) is 6.07 Å². The van der Waals surface area contributed by atoms with Gasteiger partial charge in [-0.1, -0.05) is 25.0 Å². The summed E-state index contributed by atoms with van der Waals surface area (Å²) in [5, 5.41) is 21.5. The third-order valence-corrected chi connectivity index (χ3v) is 4.41. The maximum absolute atomic E-state index is 12.3. The smallest absolute Gasteiger partial charge is 0.252 e. The van der Waals surface area contributed by atoms with Crippen LogP contribution < -0.4 is 5.32 Å². The first-order valence-electron chi connectivity index (χ1n) is 6.80. The van der Waals surface area contributed by atoms with Crippen LogP contribution in [0.25, 0.3) is 0 Å². The van der Waals surface area contributed by atoms with Crippen molar-refractivity contribution in [2.24, 2.45) is 0 Å². The maximum Gasteiger partial charge on any atom is 0.252 e. The fourth-order valence-electron chi connectivity index (χ4n) is 2.42. The molecule has 1 saturated carbocycles. The van der Waals surface area contributed by atoms with Gasteiger partial charge in [-0.15, -0.1) is 11.8 Å². The summed E-state index contributed by atoms with van der Waals surface area (Å²) in [5.74, 6) is 0.146. The molecular weight excluding hydrogens is 272 g/mol. The molecule has 1 aromatic rings. The Kier molecular flexibility index (Phi) is 5.45. The van der Waals surface area contributed by atoms with Crippen molar-refractivity contribution in [3.05, 3.63) is 29.8 Å². The van der Waals surface area contributed by atoms with Gasteiger partial charge in [-0.3, -0.25) is 4.79 Å². The molecule has 106 valence electrons. The second-order valence-electron chi connectivity index (χ2n) is 4.87. The van der Waals surface area contributed by atoms with Crippen LogP contribution in [0.5, 0.6) is 0 Å². The van der Waals surface area contributed by atoms with E-state index in [0.717, 1.165) is 30.6 Å². The number of hydrogen-bond acceptors (Lipinski definition) is 4. The van der Waals surface area contributed by atoms with Crippen molar-refractivity contribution in [2.45, 2.75) is 42.7 Å². The molecule has 1 aliphatic carbocycles. The van der Waals surface area contributed by atoms with E-state index in [-0.39, 0.29) is 11.9 Å². The minimum Gasteiger partial charge on any atom is -0.391 e. The molecule has 0 aliphatic heterocycles. The number of amides is 1. The quantitative estimate of drug-likeness (QED) is 0.835. The van der Waals surface area contributed by atoms with Gasteiger partial charge in [0, 0.05) is 4.90 Å². The Morgan fingerprint density at radius 2 is 2.15 bits per heavy atom. The molecule has 1 amide bonds. The lowest BCUT2D eigenvalue weighted by atomic mass is 9.92. The molecule has 1 aliphatic rings. The van der Waals surface area contributed by atoms with Gasteiger partial charge in [0.05, 0.1) is 29.5 Å². The van der Waals surface area contributed by atoms with Gasteiger partial charge in [0.1, 0.15) is 0 Å². The summed E-state index contributed by atoms with van der Waals surface area (Å²) >= 11 is 1.35. The molecule has 0 radical (unpaired) electrons. The van der Waals surface area contributed by atoms with Gasteiger partial charge in [0.25, 0.3) is 5.91 Å². The first kappa shape index (κ1) is 14.9. The number of thioether (sulfide) groups is 1. The molecule has 4 nitrogen and oxygen atoms in total. The van der Waals surface area contributed by atoms with E-state index >= 15 is 0 Å². The number of aliphatic hydroxyl groups is 1. The monoisotopic (exact) mass is 290 g/mol. The zero-order valence-corrected chi connectivity index (χ0v) is 12.0. The molecule has 0 bridgehead atoms. The number of hydrogen-bond donors (Lipinski definition) is 2. The predicted octanol–water partition coefficient (Wildman–Crippen LogP) is 2.34. The lowest BCUT2D eigenvalue weighted by molar-refractivity contribution is 0.0715. The average Bonchev–Trinajstić information content (AvgIpc) is 2.47. The Morgan fingerprint density at radius 1 is 1.40 bits per heavy atom. The molecule has 20 heavy (non-hydrogen) atoms. The molecule has 2 N–H and O–H groups in total. The van der Waals surface area contributed by atoms with E-state index in [1.807, 2.05) is 18.2 Å². The first-order valence-corrected chi connectivity index (χ1v) is 7.78. The van der Waals surface area contributed by atoms with Crippen molar-refractivity contribution in [3.63, 3.8) is 0 Å². The van der Waals surface area contributed by atoms with Crippen LogP contribution in [-0.4, -0.2) is 28.9 Å². The summed E-state index contributed by atoms with van der Waals surface area (Å²) < 4.78 is 0. The molecule has 0 saturated heterocycles. The van der Waals surface area contributed by atoms with Crippen LogP contribution in [0.2, 0.25) is 0 Å². The van der Waals surface area contributed by atoms with Crippen LogP contribution in [-0.2, 0) is 0 Å². The normalized spacial score (nSPS) is 22.0. The van der Waals surface area contributed by atoms with Gasteiger partial charge in [-0.25, -0.2) is 0 Å². The highest BCUT2D eigenvalue weighted by molar-refractivity contribution is 7.99. The van der Waals surface area contributed by atoms with Crippen LogP contribution in [0.15, 0.2) is 29.2 Å². The Hall–Kier alpha value is -1.51. The molecular formula is C15H18N2O2S. The summed E-state index contributed by atoms with van der Waals surface area (Å²) in [6, 6.07) is 9.16. The van der Waals surface area contributed by atoms with E-state index in [4.69, 9.17) is 5.26 Å². The van der Waals surface area contributed by atoms with Crippen LogP contribution in [0.3, 0.4) is 0 Å². The molecule has 0 aromatic heterocycles. The van der Waals surface area contributed by atoms with E-state index in [9.17, 15) is 9.90 Å². The van der Waals surface area contributed by atoms with Crippen molar-refractivity contribution in [1.29, 1.82) is 5.26 Å². The second kappa shape index (κ2) is 7.32. The summed E-state index contributed by atoms with van der Waals surface area (Å²) in [5.41, 5.74) is 0.575. The van der Waals surface area contributed by atoms with E-state index in [1.165, 1.54) is 11.8 Å². The number of nitrogens with zero attached hydrogens (tertiary/aromatic N) is 1. The van der Waals surface area contributed by atoms with Crippen LogP contribution >= 0.6 is 11.8 Å². The predicted molar refractivity (Wildman–Crippen MR) is 78.5 cm³/mol. The number of carbonyl (C=O) groups excluding carboxylic acids is 1. The Bertz CT molecular complexity index is 513. The second-order valence-corrected chi connectivity index (χ2v) is 5.89. The molecule has 2 atom stereocenters. The Labute approximate surface area is 123 Å². The van der Waals surface area contributed by atoms with Gasteiger partial charge in [-0.05, 0) is 25.0 Å². The zero-order valence-electron chi connectivity index (χ0n) is 11.2. The van der Waals surface area contributed by atoms with Crippen molar-refractivity contribution in [1.82, 2.24) is 5.32 Å². The highest BCUT2D eigenvalue weighted by atomic mass is 32.2. The van der Waals surface area contributed by atoms with E-state index in [2.05, 4.69) is 11.4 Å². The van der Waals surface area contributed by atoms with E-state index in [1.54, 1.807) is 6.07 Å². The van der Waals surface area contributed by atoms with Gasteiger partial charge in [0.2, 0.25) is 0 Å². The van der Waals surface area contributed by atoms with Gasteiger partial charge in [-0.2, -0.15) is 5.26 Å². The standard InChI is InChI=1S/C15H18N2O2S/c16-9-10-20-14-8-4-1-5-11(14)15(19)17-12-6-2-3-7-13(12)18/h1,4-5,8,12-13,18H,2-3,6-7,10H2,(H,17,19)/t12-,13-/m0/s1. The largest absolute Gasteiger partial charge is 0.391 e. The lowest BCUT2D eigenvalue weighted by Gasteiger charge is -2.28. The zero-order chi connectivity index (χ0) is 14.4. The SMILES string of the molecule is N#CCSc1ccccc1C(=O)N[C@H]1CCCC[C@@H]1O.